The third-order valence-corrected chi connectivity index (χ3v) is 14.1. The molecule has 0 bridgehead atoms. The van der Waals surface area contributed by atoms with Crippen LogP contribution in [0.25, 0.3) is 0 Å². The summed E-state index contributed by atoms with van der Waals surface area (Å²) in [5.74, 6) is 4.08. The monoisotopic (exact) mass is 578 g/mol. The molecule has 3 saturated heterocycles. The van der Waals surface area contributed by atoms with E-state index in [9.17, 15) is 20.4 Å². The molecule has 8 nitrogen and oxygen atoms in total. The molecule has 7 aliphatic rings. The molecular formula is C33H54O8. The van der Waals surface area contributed by atoms with Crippen molar-refractivity contribution in [1.82, 2.24) is 0 Å². The fourth-order valence-corrected chi connectivity index (χ4v) is 11.7. The lowest BCUT2D eigenvalue weighted by Gasteiger charge is -2.61. The molecule has 3 unspecified atom stereocenters. The van der Waals surface area contributed by atoms with Crippen LogP contribution in [0.15, 0.2) is 0 Å². The van der Waals surface area contributed by atoms with Gasteiger partial charge >= 0.3 is 0 Å². The van der Waals surface area contributed by atoms with Gasteiger partial charge in [-0.2, -0.15) is 0 Å². The molecule has 4 N–H and O–H groups in total. The number of fused-ring (bicyclic) bond motifs is 7. The topological polar surface area (TPSA) is 118 Å². The Balaban J connectivity index is 1.03. The highest BCUT2D eigenvalue weighted by molar-refractivity contribution is 5.15. The third kappa shape index (κ3) is 4.36. The SMILES string of the molecule is CC1CC[C@@]2(OC1)O[C@H]1C[C@H]3[C@@H]4CCC5CC(O[C@H]6O[C@H](CO)[C@@H](O)[C@H](O)[C@H]6O)CC[C@]5(C)[C@H]4CC[C@]3(C)[C@H]1[C@@H]2C. The van der Waals surface area contributed by atoms with Crippen molar-refractivity contribution >= 4 is 0 Å². The van der Waals surface area contributed by atoms with Crippen LogP contribution >= 0.6 is 0 Å². The minimum atomic E-state index is -1.40. The molecule has 7 rings (SSSR count). The third-order valence-electron chi connectivity index (χ3n) is 14.1. The maximum Gasteiger partial charge on any atom is 0.186 e. The Labute approximate surface area is 245 Å². The normalized spacial score (nSPS) is 60.3. The van der Waals surface area contributed by atoms with Gasteiger partial charge in [-0.3, -0.25) is 0 Å². The van der Waals surface area contributed by atoms with Gasteiger partial charge in [0.05, 0.1) is 25.4 Å². The van der Waals surface area contributed by atoms with Crippen LogP contribution in [0.4, 0.5) is 0 Å². The van der Waals surface area contributed by atoms with Crippen LogP contribution in [-0.2, 0) is 18.9 Å². The van der Waals surface area contributed by atoms with E-state index in [0.717, 1.165) is 50.0 Å². The summed E-state index contributed by atoms with van der Waals surface area (Å²) in [6, 6.07) is 0. The summed E-state index contributed by atoms with van der Waals surface area (Å²) in [5.41, 5.74) is 0.612. The highest BCUT2D eigenvalue weighted by Gasteiger charge is 2.69. The highest BCUT2D eigenvalue weighted by Crippen LogP contribution is 2.71. The van der Waals surface area contributed by atoms with Crippen LogP contribution in [0.3, 0.4) is 0 Å². The van der Waals surface area contributed by atoms with Crippen LogP contribution in [-0.4, -0.2) is 82.3 Å². The van der Waals surface area contributed by atoms with E-state index in [2.05, 4.69) is 27.7 Å². The van der Waals surface area contributed by atoms with Crippen molar-refractivity contribution < 1.29 is 39.4 Å². The standard InChI is InChI=1S/C33H54O8/c1-17-7-12-33(38-16-17)18(2)26-24(41-33)14-23-21-6-5-19-13-20(8-10-31(19,3)22(21)9-11-32(23,26)4)39-30-29(37)28(36)27(35)25(15-34)40-30/h17-30,34-37H,5-16H2,1-4H3/t17?,18-,19?,20?,21+,22-,23-,24-,25+,26-,27+,28-,29+,30-,31-,32-,33+/m0/s1. The van der Waals surface area contributed by atoms with Crippen LogP contribution in [0.5, 0.6) is 0 Å². The fourth-order valence-electron chi connectivity index (χ4n) is 11.7. The van der Waals surface area contributed by atoms with Gasteiger partial charge in [-0.25, -0.2) is 0 Å². The molecule has 0 aromatic heterocycles. The van der Waals surface area contributed by atoms with E-state index in [1.54, 1.807) is 0 Å². The van der Waals surface area contributed by atoms with Gasteiger partial charge in [0, 0.05) is 12.3 Å². The average molecular weight is 579 g/mol. The highest BCUT2D eigenvalue weighted by atomic mass is 16.7. The van der Waals surface area contributed by atoms with Crippen molar-refractivity contribution in [3.8, 4) is 0 Å². The molecule has 41 heavy (non-hydrogen) atoms. The molecule has 4 saturated carbocycles. The summed E-state index contributed by atoms with van der Waals surface area (Å²) in [7, 11) is 0. The van der Waals surface area contributed by atoms with Crippen molar-refractivity contribution in [3.05, 3.63) is 0 Å². The van der Waals surface area contributed by atoms with E-state index in [-0.39, 0.29) is 17.3 Å². The molecule has 7 fully saturated rings. The molecule has 3 heterocycles. The Morgan fingerprint density at radius 1 is 0.829 bits per heavy atom. The van der Waals surface area contributed by atoms with Crippen molar-refractivity contribution in [3.63, 3.8) is 0 Å². The zero-order valence-electron chi connectivity index (χ0n) is 25.5. The summed E-state index contributed by atoms with van der Waals surface area (Å²) in [6.45, 7) is 10.3. The summed E-state index contributed by atoms with van der Waals surface area (Å²) in [5, 5.41) is 40.4. The minimum absolute atomic E-state index is 0.0607. The lowest BCUT2D eigenvalue weighted by molar-refractivity contribution is -0.316. The van der Waals surface area contributed by atoms with Gasteiger partial charge in [0.2, 0.25) is 0 Å². The fraction of sp³-hybridized carbons (Fsp3) is 1.00. The molecule has 0 aromatic rings. The average Bonchev–Trinajstić information content (AvgIpc) is 3.40. The number of aliphatic hydroxyl groups excluding tert-OH is 4. The Hall–Kier alpha value is -0.320. The van der Waals surface area contributed by atoms with Crippen LogP contribution in [0, 0.1) is 52.3 Å². The molecule has 4 aliphatic carbocycles. The van der Waals surface area contributed by atoms with E-state index in [1.807, 2.05) is 0 Å². The molecule has 0 aromatic carbocycles. The summed E-state index contributed by atoms with van der Waals surface area (Å²) in [4.78, 5) is 0. The van der Waals surface area contributed by atoms with Gasteiger partial charge in [0.1, 0.15) is 24.4 Å². The summed E-state index contributed by atoms with van der Waals surface area (Å²) in [6.07, 6.45) is 5.64. The maximum absolute atomic E-state index is 10.5. The van der Waals surface area contributed by atoms with E-state index in [0.29, 0.717) is 35.2 Å². The Bertz CT molecular complexity index is 967. The largest absolute Gasteiger partial charge is 0.394 e. The van der Waals surface area contributed by atoms with Crippen molar-refractivity contribution in [2.75, 3.05) is 13.2 Å². The first-order valence-corrected chi connectivity index (χ1v) is 16.8. The van der Waals surface area contributed by atoms with Gasteiger partial charge in [0.15, 0.2) is 12.1 Å². The zero-order valence-corrected chi connectivity index (χ0v) is 25.5. The quantitative estimate of drug-likeness (QED) is 0.375. The van der Waals surface area contributed by atoms with Gasteiger partial charge in [-0.05, 0) is 104 Å². The van der Waals surface area contributed by atoms with E-state index >= 15 is 0 Å². The molecule has 1 spiro atoms. The van der Waals surface area contributed by atoms with Crippen LogP contribution in [0.2, 0.25) is 0 Å². The number of hydrogen-bond donors (Lipinski definition) is 4. The van der Waals surface area contributed by atoms with Gasteiger partial charge in [0.25, 0.3) is 0 Å². The lowest BCUT2D eigenvalue weighted by atomic mass is 9.44. The van der Waals surface area contributed by atoms with E-state index < -0.39 is 37.3 Å². The van der Waals surface area contributed by atoms with Crippen molar-refractivity contribution in [2.45, 2.75) is 141 Å². The lowest BCUT2D eigenvalue weighted by Crippen LogP contribution is -2.60. The first kappa shape index (κ1) is 29.4. The van der Waals surface area contributed by atoms with Crippen molar-refractivity contribution in [2.24, 2.45) is 52.3 Å². The number of aliphatic hydroxyl groups is 4. The first-order valence-electron chi connectivity index (χ1n) is 16.8. The van der Waals surface area contributed by atoms with Crippen molar-refractivity contribution in [1.29, 1.82) is 0 Å². The van der Waals surface area contributed by atoms with E-state index in [1.165, 1.54) is 38.5 Å². The molecular weight excluding hydrogens is 524 g/mol. The summed E-state index contributed by atoms with van der Waals surface area (Å²) < 4.78 is 25.4. The second-order valence-electron chi connectivity index (χ2n) is 15.9. The van der Waals surface area contributed by atoms with Crippen LogP contribution < -0.4 is 0 Å². The smallest absolute Gasteiger partial charge is 0.186 e. The Morgan fingerprint density at radius 3 is 2.34 bits per heavy atom. The molecule has 17 atom stereocenters. The molecule has 0 radical (unpaired) electrons. The zero-order chi connectivity index (χ0) is 28.9. The van der Waals surface area contributed by atoms with Crippen LogP contribution in [0.1, 0.15) is 91.9 Å². The van der Waals surface area contributed by atoms with Gasteiger partial charge in [-0.1, -0.05) is 27.7 Å². The molecule has 3 aliphatic heterocycles. The van der Waals surface area contributed by atoms with E-state index in [4.69, 9.17) is 18.9 Å². The maximum atomic E-state index is 10.5. The number of hydrogen-bond acceptors (Lipinski definition) is 8. The number of ether oxygens (including phenoxy) is 4. The molecule has 234 valence electrons. The Kier molecular flexibility index (Phi) is 7.43. The van der Waals surface area contributed by atoms with Gasteiger partial charge in [-0.15, -0.1) is 0 Å². The first-order chi connectivity index (χ1) is 19.5. The second kappa shape index (κ2) is 10.4. The second-order valence-corrected chi connectivity index (χ2v) is 15.9. The predicted octanol–water partition coefficient (Wildman–Crippen LogP) is 3.62. The molecule has 0 amide bonds. The van der Waals surface area contributed by atoms with Gasteiger partial charge < -0.3 is 39.4 Å². The Morgan fingerprint density at radius 2 is 1.61 bits per heavy atom. The minimum Gasteiger partial charge on any atom is -0.394 e. The summed E-state index contributed by atoms with van der Waals surface area (Å²) >= 11 is 0. The molecule has 8 heteroatoms. The predicted molar refractivity (Wildman–Crippen MR) is 150 cm³/mol. The number of rotatable bonds is 3.